The molecule has 1 saturated heterocycles. The number of sulfonamides is 1. The fourth-order valence-electron chi connectivity index (χ4n) is 7.23. The Balaban J connectivity index is 1.34. The van der Waals surface area contributed by atoms with Crippen LogP contribution in [0.4, 0.5) is 4.79 Å². The maximum atomic E-state index is 14.7. The third kappa shape index (κ3) is 10.6. The fourth-order valence-corrected chi connectivity index (χ4v) is 8.39. The van der Waals surface area contributed by atoms with Crippen LogP contribution < -0.4 is 30.1 Å². The molecule has 0 bridgehead atoms. The van der Waals surface area contributed by atoms with Crippen molar-refractivity contribution < 1.29 is 46.6 Å². The first-order valence-corrected chi connectivity index (χ1v) is 21.9. The Morgan fingerprint density at radius 2 is 1.71 bits per heavy atom. The van der Waals surface area contributed by atoms with Gasteiger partial charge in [0.15, 0.2) is 0 Å². The molecule has 0 unspecified atom stereocenters. The molecule has 0 radical (unpaired) electrons. The number of likely N-dealkylation sites (tertiary alicyclic amines) is 1. The van der Waals surface area contributed by atoms with Crippen molar-refractivity contribution in [1.29, 1.82) is 0 Å². The lowest BCUT2D eigenvalue weighted by Gasteiger charge is -2.30. The van der Waals surface area contributed by atoms with E-state index >= 15 is 0 Å². The van der Waals surface area contributed by atoms with Crippen molar-refractivity contribution in [2.24, 2.45) is 5.92 Å². The Kier molecular flexibility index (Phi) is 13.8. The monoisotopic (exact) mass is 888 g/mol. The number of aromatic nitrogens is 1. The Labute approximate surface area is 364 Å². The Morgan fingerprint density at radius 1 is 1.02 bits per heavy atom. The van der Waals surface area contributed by atoms with Gasteiger partial charge in [0.2, 0.25) is 17.7 Å². The second kappa shape index (κ2) is 18.8. The average molecular weight is 889 g/mol. The maximum absolute atomic E-state index is 14.7. The quantitative estimate of drug-likeness (QED) is 0.0912. The van der Waals surface area contributed by atoms with Gasteiger partial charge in [-0.05, 0) is 57.9 Å². The van der Waals surface area contributed by atoms with Gasteiger partial charge in [0.25, 0.3) is 15.9 Å². The highest BCUT2D eigenvalue weighted by Gasteiger charge is 2.61. The predicted molar refractivity (Wildman–Crippen MR) is 231 cm³/mol. The van der Waals surface area contributed by atoms with E-state index in [-0.39, 0.29) is 43.1 Å². The summed E-state index contributed by atoms with van der Waals surface area (Å²) in [7, 11) is -2.79. The lowest BCUT2D eigenvalue weighted by atomic mass is 10.1. The molecule has 2 heterocycles. The number of ether oxygens (including phenoxy) is 3. The summed E-state index contributed by atoms with van der Waals surface area (Å²) in [4.78, 5) is 74.2. The standard InChI is InChI=1S/C44H49ClN6O10S/c1-6-28-24-44(28,41(55)50-62(57,58)31-15-11-8-12-16-31)49-39(53)36-22-30(26-51(36)40(54)33(19-20-46-38(52)25-45)48-42(56)61-43(2,3)4)60-37-23-34(27-13-9-7-10-14-27)47-35-21-29(59-5)17-18-32(35)37/h6-18,21,23,28,30,33,36H,1,19-20,22,24-26H2,2-5H3,(H,46,52)(H,48,56)(H,49,53)(H,50,55)/t28-,30-,33+,36+,44-/m1/s1. The van der Waals surface area contributed by atoms with Gasteiger partial charge in [-0.1, -0.05) is 54.6 Å². The highest BCUT2D eigenvalue weighted by molar-refractivity contribution is 7.90. The normalized spacial score (nSPS) is 20.0. The van der Waals surface area contributed by atoms with Gasteiger partial charge < -0.3 is 35.1 Å². The minimum atomic E-state index is -4.33. The van der Waals surface area contributed by atoms with Gasteiger partial charge in [-0.3, -0.25) is 19.2 Å². The summed E-state index contributed by atoms with van der Waals surface area (Å²) in [5, 5.41) is 8.56. The Bertz CT molecular complexity index is 2450. The number of nitrogens with zero attached hydrogens (tertiary/aromatic N) is 2. The van der Waals surface area contributed by atoms with Crippen LogP contribution in [-0.4, -0.2) is 103 Å². The molecule has 16 nitrogen and oxygen atoms in total. The number of hydrogen-bond donors (Lipinski definition) is 4. The zero-order valence-electron chi connectivity index (χ0n) is 34.7. The van der Waals surface area contributed by atoms with Gasteiger partial charge in [-0.2, -0.15) is 0 Å². The topological polar surface area (TPSA) is 211 Å². The SMILES string of the molecule is C=C[C@@H]1C[C@]1(NC(=O)[C@@H]1C[C@@H](Oc2cc(-c3ccccc3)nc3cc(OC)ccc23)CN1C(=O)[C@H](CCNC(=O)CCl)NC(=O)OC(C)(C)C)C(=O)NS(=O)(=O)c1ccccc1. The molecule has 5 amide bonds. The molecule has 2 fully saturated rings. The summed E-state index contributed by atoms with van der Waals surface area (Å²) in [6.45, 7) is 8.51. The number of amides is 5. The molecule has 5 atom stereocenters. The van der Waals surface area contributed by atoms with Crippen molar-refractivity contribution in [2.75, 3.05) is 26.1 Å². The smallest absolute Gasteiger partial charge is 0.408 e. The van der Waals surface area contributed by atoms with Crippen molar-refractivity contribution in [3.8, 4) is 22.8 Å². The summed E-state index contributed by atoms with van der Waals surface area (Å²) in [6, 6.07) is 21.2. The molecule has 1 aliphatic carbocycles. The van der Waals surface area contributed by atoms with Crippen molar-refractivity contribution in [3.63, 3.8) is 0 Å². The number of fused-ring (bicyclic) bond motifs is 1. The van der Waals surface area contributed by atoms with E-state index in [9.17, 15) is 32.4 Å². The molecule has 18 heteroatoms. The van der Waals surface area contributed by atoms with Gasteiger partial charge in [-0.25, -0.2) is 22.9 Å². The number of carbonyl (C=O) groups is 5. The van der Waals surface area contributed by atoms with Gasteiger partial charge in [-0.15, -0.1) is 18.2 Å². The Morgan fingerprint density at radius 3 is 2.34 bits per heavy atom. The number of rotatable bonds is 16. The molecule has 62 heavy (non-hydrogen) atoms. The first kappa shape index (κ1) is 45.3. The van der Waals surface area contributed by atoms with E-state index in [1.807, 2.05) is 30.3 Å². The van der Waals surface area contributed by atoms with Crippen LogP contribution in [0.2, 0.25) is 0 Å². The molecule has 0 spiro atoms. The number of pyridine rings is 1. The lowest BCUT2D eigenvalue weighted by molar-refractivity contribution is -0.141. The van der Waals surface area contributed by atoms with Crippen LogP contribution in [0.15, 0.2) is 102 Å². The number of alkyl halides is 1. The maximum Gasteiger partial charge on any atom is 0.408 e. The van der Waals surface area contributed by atoms with E-state index < -0.39 is 75.0 Å². The first-order valence-electron chi connectivity index (χ1n) is 19.9. The zero-order chi connectivity index (χ0) is 44.8. The van der Waals surface area contributed by atoms with E-state index in [4.69, 9.17) is 30.8 Å². The van der Waals surface area contributed by atoms with Gasteiger partial charge in [0, 0.05) is 42.0 Å². The van der Waals surface area contributed by atoms with E-state index in [0.717, 1.165) is 5.56 Å². The molecule has 328 valence electrons. The molecule has 1 aliphatic heterocycles. The highest BCUT2D eigenvalue weighted by Crippen LogP contribution is 2.45. The van der Waals surface area contributed by atoms with Crippen molar-refractivity contribution >= 4 is 62.2 Å². The molecule has 4 aromatic rings. The molecule has 6 rings (SSSR count). The molecule has 1 saturated carbocycles. The molecule has 3 aromatic carbocycles. The van der Waals surface area contributed by atoms with Crippen LogP contribution in [0.25, 0.3) is 22.2 Å². The first-order chi connectivity index (χ1) is 29.5. The molecule has 1 aromatic heterocycles. The molecular weight excluding hydrogens is 840 g/mol. The van der Waals surface area contributed by atoms with Crippen molar-refractivity contribution in [1.82, 2.24) is 30.6 Å². The minimum absolute atomic E-state index is 0.0385. The lowest BCUT2D eigenvalue weighted by Crippen LogP contribution is -2.58. The number of halogens is 1. The third-order valence-electron chi connectivity index (χ3n) is 10.4. The van der Waals surface area contributed by atoms with E-state index in [1.54, 1.807) is 58.2 Å². The summed E-state index contributed by atoms with van der Waals surface area (Å²) in [5.74, 6) is -2.97. The van der Waals surface area contributed by atoms with Crippen LogP contribution in [0, 0.1) is 5.92 Å². The third-order valence-corrected chi connectivity index (χ3v) is 12.0. The van der Waals surface area contributed by atoms with Crippen LogP contribution >= 0.6 is 11.6 Å². The average Bonchev–Trinajstić information content (AvgIpc) is 3.81. The van der Waals surface area contributed by atoms with Gasteiger partial charge >= 0.3 is 6.09 Å². The van der Waals surface area contributed by atoms with Crippen LogP contribution in [0.1, 0.15) is 40.0 Å². The van der Waals surface area contributed by atoms with Gasteiger partial charge in [0.1, 0.15) is 46.7 Å². The number of alkyl carbamates (subject to hydrolysis) is 1. The number of hydrogen-bond acceptors (Lipinski definition) is 11. The van der Waals surface area contributed by atoms with Crippen LogP contribution in [-0.2, 0) is 33.9 Å². The van der Waals surface area contributed by atoms with E-state index in [0.29, 0.717) is 28.1 Å². The molecule has 4 N–H and O–H groups in total. The summed E-state index contributed by atoms with van der Waals surface area (Å²) in [5.41, 5.74) is -0.684. The van der Waals surface area contributed by atoms with Crippen LogP contribution in [0.3, 0.4) is 0 Å². The van der Waals surface area contributed by atoms with E-state index in [1.165, 1.54) is 35.2 Å². The van der Waals surface area contributed by atoms with Crippen molar-refractivity contribution in [3.05, 3.63) is 97.6 Å². The largest absolute Gasteiger partial charge is 0.497 e. The zero-order valence-corrected chi connectivity index (χ0v) is 36.3. The van der Waals surface area contributed by atoms with Gasteiger partial charge in [0.05, 0.1) is 29.8 Å². The minimum Gasteiger partial charge on any atom is -0.497 e. The van der Waals surface area contributed by atoms with Crippen LogP contribution in [0.5, 0.6) is 11.5 Å². The number of benzene rings is 3. The number of carbonyl (C=O) groups excluding carboxylic acids is 5. The highest BCUT2D eigenvalue weighted by atomic mass is 35.5. The Hall–Kier alpha value is -6.20. The summed E-state index contributed by atoms with van der Waals surface area (Å²) in [6.07, 6.45) is -0.460. The predicted octanol–water partition coefficient (Wildman–Crippen LogP) is 4.46. The molecule has 2 aliphatic rings. The van der Waals surface area contributed by atoms with Crippen molar-refractivity contribution in [2.45, 2.75) is 74.3 Å². The molecular formula is C44H49ClN6O10S. The summed E-state index contributed by atoms with van der Waals surface area (Å²) >= 11 is 5.68. The second-order valence-corrected chi connectivity index (χ2v) is 17.9. The number of nitrogens with one attached hydrogen (secondary N) is 4. The number of methoxy groups -OCH3 is 1. The second-order valence-electron chi connectivity index (χ2n) is 16.0. The summed E-state index contributed by atoms with van der Waals surface area (Å²) < 4.78 is 46.1. The van der Waals surface area contributed by atoms with E-state index in [2.05, 4.69) is 27.3 Å². The fraction of sp³-hybridized carbons (Fsp3) is 0.364.